The molecule has 0 atom stereocenters. The predicted molar refractivity (Wildman–Crippen MR) is 88.6 cm³/mol. The smallest absolute Gasteiger partial charge is 0.257 e. The lowest BCUT2D eigenvalue weighted by atomic mass is 10.1. The minimum atomic E-state index is -0.162. The zero-order valence-electron chi connectivity index (χ0n) is 13.2. The quantitative estimate of drug-likeness (QED) is 0.629. The first kappa shape index (κ1) is 16.0. The molecule has 0 aliphatic rings. The summed E-state index contributed by atoms with van der Waals surface area (Å²) < 4.78 is 1.85. The molecule has 6 nitrogen and oxygen atoms in total. The number of nitrogen functional groups attached to an aromatic ring is 1. The second kappa shape index (κ2) is 7.06. The Hall–Kier alpha value is -2.37. The maximum absolute atomic E-state index is 12.3. The van der Waals surface area contributed by atoms with Crippen LogP contribution in [0.5, 0.6) is 0 Å². The number of unbranched alkanes of at least 4 members (excludes halogenated alkanes) is 2. The number of aryl methyl sites for hydroxylation is 1. The van der Waals surface area contributed by atoms with Crippen molar-refractivity contribution in [3.8, 4) is 0 Å². The Kier molecular flexibility index (Phi) is 5.14. The van der Waals surface area contributed by atoms with Crippen molar-refractivity contribution < 1.29 is 4.79 Å². The summed E-state index contributed by atoms with van der Waals surface area (Å²) >= 11 is 0. The van der Waals surface area contributed by atoms with Gasteiger partial charge in [0.1, 0.15) is 0 Å². The van der Waals surface area contributed by atoms with Crippen molar-refractivity contribution in [2.24, 2.45) is 0 Å². The van der Waals surface area contributed by atoms with Crippen molar-refractivity contribution in [3.63, 3.8) is 0 Å². The van der Waals surface area contributed by atoms with Crippen LogP contribution in [0.25, 0.3) is 11.0 Å². The molecule has 2 aromatic heterocycles. The number of carbonyl (C=O) groups excluding carboxylic acids is 1. The number of hydrogen-bond acceptors (Lipinski definition) is 4. The average Bonchev–Trinajstić information content (AvgIpc) is 2.92. The van der Waals surface area contributed by atoms with Gasteiger partial charge in [0.05, 0.1) is 22.8 Å². The minimum Gasteiger partial charge on any atom is -0.397 e. The molecule has 0 unspecified atom stereocenters. The van der Waals surface area contributed by atoms with Crippen molar-refractivity contribution in [2.75, 3.05) is 19.3 Å². The van der Waals surface area contributed by atoms with Crippen LogP contribution in [0, 0.1) is 0 Å². The lowest BCUT2D eigenvalue weighted by Gasteiger charge is -2.16. The average molecular weight is 301 g/mol. The van der Waals surface area contributed by atoms with E-state index in [0.717, 1.165) is 36.8 Å². The van der Waals surface area contributed by atoms with Crippen LogP contribution >= 0.6 is 0 Å². The molecule has 0 aliphatic carbocycles. The fourth-order valence-electron chi connectivity index (χ4n) is 2.37. The van der Waals surface area contributed by atoms with Gasteiger partial charge in [0.15, 0.2) is 5.65 Å². The first-order chi connectivity index (χ1) is 10.6. The Balaban J connectivity index is 2.31. The molecule has 2 aromatic rings. The molecule has 0 spiro atoms. The Bertz CT molecular complexity index is 676. The highest BCUT2D eigenvalue weighted by Crippen LogP contribution is 2.24. The number of aromatic nitrogens is 3. The van der Waals surface area contributed by atoms with Crippen LogP contribution in [-0.2, 0) is 6.54 Å². The van der Waals surface area contributed by atoms with Crippen LogP contribution in [0.3, 0.4) is 0 Å². The Morgan fingerprint density at radius 1 is 1.45 bits per heavy atom. The molecule has 118 valence electrons. The first-order valence-corrected chi connectivity index (χ1v) is 7.56. The zero-order valence-corrected chi connectivity index (χ0v) is 13.2. The van der Waals surface area contributed by atoms with Crippen LogP contribution in [-0.4, -0.2) is 39.2 Å². The van der Waals surface area contributed by atoms with Crippen LogP contribution in [0.1, 0.15) is 36.5 Å². The fraction of sp³-hybridized carbons (Fsp3) is 0.438. The largest absolute Gasteiger partial charge is 0.397 e. The van der Waals surface area contributed by atoms with Gasteiger partial charge in [0, 0.05) is 26.3 Å². The third kappa shape index (κ3) is 3.10. The van der Waals surface area contributed by atoms with Gasteiger partial charge in [-0.2, -0.15) is 5.10 Å². The number of likely N-dealkylation sites (N-methyl/N-ethyl adjacent to an activating group) is 1. The maximum atomic E-state index is 12.3. The number of anilines is 1. The van der Waals surface area contributed by atoms with Gasteiger partial charge in [-0.15, -0.1) is 6.58 Å². The van der Waals surface area contributed by atoms with Gasteiger partial charge in [-0.3, -0.25) is 4.79 Å². The van der Waals surface area contributed by atoms with Crippen molar-refractivity contribution in [1.82, 2.24) is 19.7 Å². The molecule has 1 amide bonds. The number of nitrogens with zero attached hydrogens (tertiary/aromatic N) is 4. The molecule has 22 heavy (non-hydrogen) atoms. The molecular formula is C16H23N5O. The van der Waals surface area contributed by atoms with E-state index in [0.29, 0.717) is 17.8 Å². The molecule has 2 N–H and O–H groups in total. The summed E-state index contributed by atoms with van der Waals surface area (Å²) in [6.45, 7) is 7.07. The number of pyridine rings is 1. The molecule has 6 heteroatoms. The number of hydrogen-bond donors (Lipinski definition) is 1. The monoisotopic (exact) mass is 301 g/mol. The number of carbonyl (C=O) groups is 1. The number of amides is 1. The third-order valence-corrected chi connectivity index (χ3v) is 3.66. The first-order valence-electron chi connectivity index (χ1n) is 7.56. The van der Waals surface area contributed by atoms with Gasteiger partial charge < -0.3 is 10.6 Å². The highest BCUT2D eigenvalue weighted by Gasteiger charge is 2.18. The normalized spacial score (nSPS) is 10.8. The molecular weight excluding hydrogens is 278 g/mol. The summed E-state index contributed by atoms with van der Waals surface area (Å²) in [7, 11) is 1.71. The van der Waals surface area contributed by atoms with Crippen LogP contribution in [0.4, 0.5) is 5.69 Å². The second-order valence-electron chi connectivity index (χ2n) is 5.37. The van der Waals surface area contributed by atoms with Crippen molar-refractivity contribution in [3.05, 3.63) is 30.6 Å². The summed E-state index contributed by atoms with van der Waals surface area (Å²) in [6, 6.07) is 0. The summed E-state index contributed by atoms with van der Waals surface area (Å²) in [6.07, 6.45) is 8.26. The van der Waals surface area contributed by atoms with Crippen molar-refractivity contribution in [1.29, 1.82) is 0 Å². The maximum Gasteiger partial charge on any atom is 0.257 e. The van der Waals surface area contributed by atoms with Gasteiger partial charge in [0.25, 0.3) is 5.91 Å². The topological polar surface area (TPSA) is 77.0 Å². The van der Waals surface area contributed by atoms with Gasteiger partial charge in [-0.1, -0.05) is 25.8 Å². The summed E-state index contributed by atoms with van der Waals surface area (Å²) in [5, 5.41) is 5.07. The standard InChI is InChI=1S/C16H23N5O/c1-4-6-7-9-21-15-12(11-19-21)14(17)13(10-18-15)16(22)20(3)8-5-2/h5,10-11H,2,4,6-9H2,1,3H3,(H2,17,18). The predicted octanol–water partition coefficient (Wildman–Crippen LogP) is 2.46. The molecule has 0 aliphatic heterocycles. The minimum absolute atomic E-state index is 0.162. The van der Waals surface area contributed by atoms with E-state index in [-0.39, 0.29) is 5.91 Å². The van der Waals surface area contributed by atoms with E-state index in [1.807, 2.05) is 4.68 Å². The highest BCUT2D eigenvalue weighted by atomic mass is 16.2. The lowest BCUT2D eigenvalue weighted by molar-refractivity contribution is 0.0811. The fourth-order valence-corrected chi connectivity index (χ4v) is 2.37. The van der Waals surface area contributed by atoms with E-state index in [2.05, 4.69) is 23.6 Å². The summed E-state index contributed by atoms with van der Waals surface area (Å²) in [5.74, 6) is -0.162. The van der Waals surface area contributed by atoms with Crippen LogP contribution in [0.15, 0.2) is 25.0 Å². The summed E-state index contributed by atoms with van der Waals surface area (Å²) in [5.41, 5.74) is 7.73. The van der Waals surface area contributed by atoms with Crippen LogP contribution in [0.2, 0.25) is 0 Å². The highest BCUT2D eigenvalue weighted by molar-refractivity contribution is 6.05. The van der Waals surface area contributed by atoms with Gasteiger partial charge in [-0.05, 0) is 6.42 Å². The lowest BCUT2D eigenvalue weighted by Crippen LogP contribution is -2.27. The third-order valence-electron chi connectivity index (χ3n) is 3.66. The van der Waals surface area contributed by atoms with E-state index < -0.39 is 0 Å². The van der Waals surface area contributed by atoms with E-state index in [9.17, 15) is 4.79 Å². The van der Waals surface area contributed by atoms with E-state index >= 15 is 0 Å². The van der Waals surface area contributed by atoms with Crippen molar-refractivity contribution >= 4 is 22.6 Å². The number of nitrogens with two attached hydrogens (primary N) is 1. The number of fused-ring (bicyclic) bond motifs is 1. The molecule has 0 radical (unpaired) electrons. The SMILES string of the molecule is C=CCN(C)C(=O)c1cnc2c(cnn2CCCCC)c1N. The summed E-state index contributed by atoms with van der Waals surface area (Å²) in [4.78, 5) is 18.3. The molecule has 0 saturated carbocycles. The van der Waals surface area contributed by atoms with Gasteiger partial charge in [0.2, 0.25) is 0 Å². The van der Waals surface area contributed by atoms with E-state index in [1.54, 1.807) is 24.2 Å². The number of rotatable bonds is 7. The van der Waals surface area contributed by atoms with Crippen LogP contribution < -0.4 is 5.73 Å². The molecule has 0 aromatic carbocycles. The Labute approximate surface area is 130 Å². The second-order valence-corrected chi connectivity index (χ2v) is 5.37. The van der Waals surface area contributed by atoms with Gasteiger partial charge >= 0.3 is 0 Å². The molecule has 0 fully saturated rings. The Morgan fingerprint density at radius 2 is 2.23 bits per heavy atom. The van der Waals surface area contributed by atoms with Crippen molar-refractivity contribution in [2.45, 2.75) is 32.7 Å². The molecule has 0 bridgehead atoms. The van der Waals surface area contributed by atoms with E-state index in [4.69, 9.17) is 5.73 Å². The Morgan fingerprint density at radius 3 is 2.91 bits per heavy atom. The zero-order chi connectivity index (χ0) is 16.1. The van der Waals surface area contributed by atoms with E-state index in [1.165, 1.54) is 6.20 Å². The van der Waals surface area contributed by atoms with Gasteiger partial charge in [-0.25, -0.2) is 9.67 Å². The molecule has 2 heterocycles. The molecule has 0 saturated heterocycles. The molecule has 2 rings (SSSR count).